The lowest BCUT2D eigenvalue weighted by Crippen LogP contribution is -2.34. The molecule has 20 heavy (non-hydrogen) atoms. The average Bonchev–Trinajstić information content (AvgIpc) is 2.95. The van der Waals surface area contributed by atoms with Crippen molar-refractivity contribution < 1.29 is 19.4 Å². The van der Waals surface area contributed by atoms with E-state index in [-0.39, 0.29) is 6.54 Å². The highest BCUT2D eigenvalue weighted by atomic mass is 32.1. The number of fused-ring (bicyclic) bond motifs is 1. The minimum atomic E-state index is -0.617. The number of hydrogen-bond donors (Lipinski definition) is 3. The second-order valence-corrected chi connectivity index (χ2v) is 5.84. The molecule has 0 aliphatic heterocycles. The Morgan fingerprint density at radius 3 is 2.85 bits per heavy atom. The van der Waals surface area contributed by atoms with E-state index in [0.717, 1.165) is 29.7 Å². The number of aryl methyl sites for hydroxylation is 1. The Bertz CT molecular complexity index is 525. The molecule has 7 heteroatoms. The lowest BCUT2D eigenvalue weighted by molar-refractivity contribution is 0.0601. The molecule has 110 valence electrons. The van der Waals surface area contributed by atoms with Gasteiger partial charge >= 0.3 is 12.0 Å². The summed E-state index contributed by atoms with van der Waals surface area (Å²) in [6, 6.07) is -0.434. The van der Waals surface area contributed by atoms with Gasteiger partial charge in [-0.25, -0.2) is 9.59 Å². The smallest absolute Gasteiger partial charge is 0.341 e. The third-order valence-electron chi connectivity index (χ3n) is 3.10. The molecule has 1 atom stereocenters. The van der Waals surface area contributed by atoms with E-state index in [1.54, 1.807) is 6.92 Å². The first kappa shape index (κ1) is 14.8. The number of hydrogen-bond acceptors (Lipinski definition) is 5. The zero-order valence-electron chi connectivity index (χ0n) is 11.5. The molecule has 0 aromatic carbocycles. The van der Waals surface area contributed by atoms with Crippen LogP contribution in [0.5, 0.6) is 0 Å². The van der Waals surface area contributed by atoms with Crippen LogP contribution < -0.4 is 10.6 Å². The number of methoxy groups -OCH3 is 1. The predicted molar refractivity (Wildman–Crippen MR) is 76.4 cm³/mol. The van der Waals surface area contributed by atoms with Gasteiger partial charge in [0.25, 0.3) is 0 Å². The topological polar surface area (TPSA) is 87.7 Å². The molecule has 1 aromatic rings. The number of urea groups is 1. The van der Waals surface area contributed by atoms with Gasteiger partial charge in [0.05, 0.1) is 18.8 Å². The summed E-state index contributed by atoms with van der Waals surface area (Å²) in [5, 5.41) is 14.8. The fourth-order valence-corrected chi connectivity index (χ4v) is 3.47. The Kier molecular flexibility index (Phi) is 4.61. The summed E-state index contributed by atoms with van der Waals surface area (Å²) >= 11 is 1.42. The highest BCUT2D eigenvalue weighted by Crippen LogP contribution is 2.39. The van der Waals surface area contributed by atoms with Crippen molar-refractivity contribution in [1.82, 2.24) is 5.32 Å². The Labute approximate surface area is 121 Å². The summed E-state index contributed by atoms with van der Waals surface area (Å²) in [4.78, 5) is 24.7. The van der Waals surface area contributed by atoms with Crippen LogP contribution in [0.2, 0.25) is 0 Å². The molecule has 1 aliphatic rings. The van der Waals surface area contributed by atoms with E-state index in [2.05, 4.69) is 10.6 Å². The molecule has 0 spiro atoms. The number of esters is 1. The van der Waals surface area contributed by atoms with Crippen LogP contribution in [0.15, 0.2) is 0 Å². The van der Waals surface area contributed by atoms with Gasteiger partial charge in [0, 0.05) is 11.4 Å². The SMILES string of the molecule is COC(=O)c1c(NC(=O)NC[C@@H](C)O)sc2c1CCC2. The van der Waals surface area contributed by atoms with Crippen LogP contribution in [0, 0.1) is 0 Å². The number of anilines is 1. The molecule has 0 bridgehead atoms. The minimum Gasteiger partial charge on any atom is -0.465 e. The standard InChI is InChI=1S/C13H18N2O4S/c1-7(16)6-14-13(18)15-11-10(12(17)19-2)8-4-3-5-9(8)20-11/h7,16H,3-6H2,1-2H3,(H2,14,15,18)/t7-/m1/s1. The molecule has 3 N–H and O–H groups in total. The van der Waals surface area contributed by atoms with Crippen molar-refractivity contribution in [1.29, 1.82) is 0 Å². The van der Waals surface area contributed by atoms with Crippen molar-refractivity contribution in [2.75, 3.05) is 19.0 Å². The summed E-state index contributed by atoms with van der Waals surface area (Å²) in [5.74, 6) is -0.421. The number of ether oxygens (including phenoxy) is 1. The number of aliphatic hydroxyl groups is 1. The maximum Gasteiger partial charge on any atom is 0.341 e. The van der Waals surface area contributed by atoms with Crippen LogP contribution in [-0.4, -0.2) is 36.9 Å². The molecule has 0 fully saturated rings. The second-order valence-electron chi connectivity index (χ2n) is 4.74. The first-order chi connectivity index (χ1) is 9.52. The van der Waals surface area contributed by atoms with E-state index in [1.165, 1.54) is 18.4 Å². The Morgan fingerprint density at radius 1 is 1.45 bits per heavy atom. The molecule has 1 heterocycles. The molecular weight excluding hydrogens is 280 g/mol. The number of thiophene rings is 1. The van der Waals surface area contributed by atoms with E-state index in [0.29, 0.717) is 10.6 Å². The van der Waals surface area contributed by atoms with Crippen molar-refractivity contribution in [3.8, 4) is 0 Å². The van der Waals surface area contributed by atoms with E-state index in [9.17, 15) is 9.59 Å². The Balaban J connectivity index is 2.15. The van der Waals surface area contributed by atoms with Crippen LogP contribution in [0.3, 0.4) is 0 Å². The van der Waals surface area contributed by atoms with Crippen LogP contribution in [0.1, 0.15) is 34.1 Å². The molecule has 6 nitrogen and oxygen atoms in total. The predicted octanol–water partition coefficient (Wildman–Crippen LogP) is 1.53. The molecule has 0 radical (unpaired) electrons. The molecular formula is C13H18N2O4S. The number of rotatable bonds is 4. The highest BCUT2D eigenvalue weighted by Gasteiger charge is 2.27. The molecule has 0 saturated heterocycles. The zero-order chi connectivity index (χ0) is 14.7. The van der Waals surface area contributed by atoms with Crippen molar-refractivity contribution in [2.45, 2.75) is 32.3 Å². The van der Waals surface area contributed by atoms with Gasteiger partial charge in [-0.3, -0.25) is 5.32 Å². The fraction of sp³-hybridized carbons (Fsp3) is 0.538. The first-order valence-electron chi connectivity index (χ1n) is 6.48. The van der Waals surface area contributed by atoms with Gasteiger partial charge in [0.1, 0.15) is 5.00 Å². The third kappa shape index (κ3) is 3.10. The average molecular weight is 298 g/mol. The van der Waals surface area contributed by atoms with E-state index >= 15 is 0 Å². The summed E-state index contributed by atoms with van der Waals surface area (Å²) < 4.78 is 4.80. The fourth-order valence-electron chi connectivity index (χ4n) is 2.20. The van der Waals surface area contributed by atoms with Gasteiger partial charge in [-0.1, -0.05) is 0 Å². The number of carbonyl (C=O) groups is 2. The van der Waals surface area contributed by atoms with Gasteiger partial charge in [0.2, 0.25) is 0 Å². The lowest BCUT2D eigenvalue weighted by Gasteiger charge is -2.09. The van der Waals surface area contributed by atoms with Crippen LogP contribution in [-0.2, 0) is 17.6 Å². The number of aliphatic hydroxyl groups excluding tert-OH is 1. The third-order valence-corrected chi connectivity index (χ3v) is 4.30. The minimum absolute atomic E-state index is 0.157. The summed E-state index contributed by atoms with van der Waals surface area (Å²) in [5.41, 5.74) is 1.46. The van der Waals surface area contributed by atoms with Gasteiger partial charge < -0.3 is 15.2 Å². The monoisotopic (exact) mass is 298 g/mol. The van der Waals surface area contributed by atoms with Crippen LogP contribution in [0.25, 0.3) is 0 Å². The summed E-state index contributed by atoms with van der Waals surface area (Å²) in [6.45, 7) is 1.74. The maximum atomic E-state index is 11.9. The quantitative estimate of drug-likeness (QED) is 0.736. The largest absolute Gasteiger partial charge is 0.465 e. The van der Waals surface area contributed by atoms with Gasteiger partial charge in [-0.05, 0) is 31.7 Å². The maximum absolute atomic E-state index is 11.9. The van der Waals surface area contributed by atoms with E-state index < -0.39 is 18.1 Å². The van der Waals surface area contributed by atoms with Crippen LogP contribution >= 0.6 is 11.3 Å². The van der Waals surface area contributed by atoms with Gasteiger partial charge in [0.15, 0.2) is 0 Å². The zero-order valence-corrected chi connectivity index (χ0v) is 12.3. The normalized spacial score (nSPS) is 14.6. The Hall–Kier alpha value is -1.60. The first-order valence-corrected chi connectivity index (χ1v) is 7.30. The molecule has 1 aliphatic carbocycles. The summed E-state index contributed by atoms with van der Waals surface area (Å²) in [6.07, 6.45) is 2.18. The van der Waals surface area contributed by atoms with Crippen molar-refractivity contribution in [3.63, 3.8) is 0 Å². The van der Waals surface area contributed by atoms with Crippen molar-refractivity contribution >= 4 is 28.3 Å². The van der Waals surface area contributed by atoms with Gasteiger partial charge in [-0.2, -0.15) is 0 Å². The molecule has 2 amide bonds. The number of carbonyl (C=O) groups excluding carboxylic acids is 2. The number of amides is 2. The van der Waals surface area contributed by atoms with E-state index in [4.69, 9.17) is 9.84 Å². The Morgan fingerprint density at radius 2 is 2.20 bits per heavy atom. The highest BCUT2D eigenvalue weighted by molar-refractivity contribution is 7.17. The molecule has 2 rings (SSSR count). The van der Waals surface area contributed by atoms with E-state index in [1.807, 2.05) is 0 Å². The number of nitrogens with one attached hydrogen (secondary N) is 2. The van der Waals surface area contributed by atoms with Crippen molar-refractivity contribution in [3.05, 3.63) is 16.0 Å². The second kappa shape index (κ2) is 6.23. The van der Waals surface area contributed by atoms with Crippen LogP contribution in [0.4, 0.5) is 9.80 Å². The van der Waals surface area contributed by atoms with Crippen molar-refractivity contribution in [2.24, 2.45) is 0 Å². The molecule has 0 unspecified atom stereocenters. The molecule has 0 saturated carbocycles. The molecule has 1 aromatic heterocycles. The lowest BCUT2D eigenvalue weighted by atomic mass is 10.1. The van der Waals surface area contributed by atoms with Gasteiger partial charge in [-0.15, -0.1) is 11.3 Å². The summed E-state index contributed by atoms with van der Waals surface area (Å²) in [7, 11) is 1.33.